The third-order valence-corrected chi connectivity index (χ3v) is 5.70. The van der Waals surface area contributed by atoms with E-state index in [1.54, 1.807) is 0 Å². The highest BCUT2D eigenvalue weighted by Gasteiger charge is 2.47. The van der Waals surface area contributed by atoms with Crippen LogP contribution in [-0.4, -0.2) is 49.5 Å². The van der Waals surface area contributed by atoms with Crippen molar-refractivity contribution in [3.8, 4) is 0 Å². The molecular formula is C28H32O6. The smallest absolute Gasteiger partial charge is 0.186 e. The Bertz CT molecular complexity index is 990. The molecule has 1 aliphatic heterocycles. The van der Waals surface area contributed by atoms with Crippen LogP contribution in [0, 0.1) is 0 Å². The fourth-order valence-electron chi connectivity index (χ4n) is 3.89. The summed E-state index contributed by atoms with van der Waals surface area (Å²) in [5.74, 6) is 0. The SMILES string of the molecule is [2H]C(OC[C@H]1O[C@H](OC)[C@H](OCc2ccccc2)[C@@H](OCc2ccccc2)[C@@H]1O)c1ccccc1. The van der Waals surface area contributed by atoms with Crippen molar-refractivity contribution in [3.63, 3.8) is 0 Å². The molecular weight excluding hydrogens is 432 g/mol. The van der Waals surface area contributed by atoms with Crippen molar-refractivity contribution in [2.75, 3.05) is 13.7 Å². The van der Waals surface area contributed by atoms with Crippen LogP contribution in [0.4, 0.5) is 0 Å². The van der Waals surface area contributed by atoms with Crippen molar-refractivity contribution in [2.24, 2.45) is 0 Å². The van der Waals surface area contributed by atoms with Crippen molar-refractivity contribution in [1.82, 2.24) is 0 Å². The Morgan fingerprint density at radius 1 is 0.765 bits per heavy atom. The molecule has 0 saturated carbocycles. The van der Waals surface area contributed by atoms with Gasteiger partial charge in [0, 0.05) is 7.11 Å². The third kappa shape index (κ3) is 6.73. The van der Waals surface area contributed by atoms with Gasteiger partial charge < -0.3 is 28.8 Å². The van der Waals surface area contributed by atoms with Crippen LogP contribution in [0.5, 0.6) is 0 Å². The van der Waals surface area contributed by atoms with E-state index in [4.69, 9.17) is 25.1 Å². The second-order valence-corrected chi connectivity index (χ2v) is 8.15. The Hall–Kier alpha value is -2.58. The van der Waals surface area contributed by atoms with Crippen LogP contribution in [0.25, 0.3) is 0 Å². The molecule has 180 valence electrons. The van der Waals surface area contributed by atoms with Crippen molar-refractivity contribution >= 4 is 0 Å². The predicted molar refractivity (Wildman–Crippen MR) is 128 cm³/mol. The van der Waals surface area contributed by atoms with Crippen LogP contribution in [-0.2, 0) is 43.5 Å². The average Bonchev–Trinajstić information content (AvgIpc) is 2.92. The van der Waals surface area contributed by atoms with Gasteiger partial charge in [0.05, 0.1) is 27.8 Å². The Labute approximate surface area is 202 Å². The van der Waals surface area contributed by atoms with Crippen molar-refractivity contribution < 1.29 is 30.2 Å². The quantitative estimate of drug-likeness (QED) is 0.460. The molecule has 0 aromatic heterocycles. The number of aliphatic hydroxyl groups is 1. The molecule has 0 aliphatic carbocycles. The number of hydrogen-bond acceptors (Lipinski definition) is 6. The molecule has 1 N–H and O–H groups in total. The summed E-state index contributed by atoms with van der Waals surface area (Å²) in [5, 5.41) is 11.2. The summed E-state index contributed by atoms with van der Waals surface area (Å²) in [6.45, 7) is -0.288. The van der Waals surface area contributed by atoms with Crippen LogP contribution in [0.3, 0.4) is 0 Å². The lowest BCUT2D eigenvalue weighted by atomic mass is 9.98. The fourth-order valence-corrected chi connectivity index (χ4v) is 3.89. The van der Waals surface area contributed by atoms with Crippen LogP contribution >= 0.6 is 0 Å². The maximum atomic E-state index is 11.2. The zero-order valence-corrected chi connectivity index (χ0v) is 19.2. The number of methoxy groups -OCH3 is 1. The Morgan fingerprint density at radius 3 is 1.79 bits per heavy atom. The van der Waals surface area contributed by atoms with E-state index in [9.17, 15) is 5.11 Å². The molecule has 0 amide bonds. The van der Waals surface area contributed by atoms with Crippen LogP contribution < -0.4 is 0 Å². The van der Waals surface area contributed by atoms with Crippen LogP contribution in [0.1, 0.15) is 18.1 Å². The number of rotatable bonds is 11. The van der Waals surface area contributed by atoms with Gasteiger partial charge in [-0.3, -0.25) is 0 Å². The largest absolute Gasteiger partial charge is 0.387 e. The standard InChI is InChI=1S/C28H32O6/c1-30-28-27(33-19-23-15-9-4-10-16-23)26(32-18-22-13-7-3-8-14-22)25(29)24(34-28)20-31-17-21-11-5-2-6-12-21/h2-16,24-29H,17-20H2,1H3/t24-,25-,26+,27-,28+/m1/s1/i17D/t17?,24-,25-,26+,27-,28+. The highest BCUT2D eigenvalue weighted by Crippen LogP contribution is 2.28. The molecule has 1 aliphatic rings. The van der Waals surface area contributed by atoms with E-state index >= 15 is 0 Å². The van der Waals surface area contributed by atoms with Crippen LogP contribution in [0.15, 0.2) is 91.0 Å². The van der Waals surface area contributed by atoms with E-state index in [1.165, 1.54) is 7.11 Å². The summed E-state index contributed by atoms with van der Waals surface area (Å²) in [6.07, 6.45) is -3.98. The van der Waals surface area contributed by atoms with Crippen LogP contribution in [0.2, 0.25) is 0 Å². The van der Waals surface area contributed by atoms with Gasteiger partial charge in [-0.05, 0) is 16.7 Å². The van der Waals surface area contributed by atoms with Gasteiger partial charge in [-0.25, -0.2) is 0 Å². The first-order valence-electron chi connectivity index (χ1n) is 12.0. The molecule has 6 nitrogen and oxygen atoms in total. The van der Waals surface area contributed by atoms with Gasteiger partial charge in [0.25, 0.3) is 0 Å². The zero-order valence-electron chi connectivity index (χ0n) is 20.2. The van der Waals surface area contributed by atoms with Crippen molar-refractivity contribution in [2.45, 2.75) is 50.5 Å². The highest BCUT2D eigenvalue weighted by molar-refractivity contribution is 5.15. The minimum absolute atomic E-state index is 0.000684. The molecule has 1 unspecified atom stereocenters. The summed E-state index contributed by atoms with van der Waals surface area (Å²) in [7, 11) is 1.53. The molecule has 1 saturated heterocycles. The van der Waals surface area contributed by atoms with Gasteiger partial charge in [-0.2, -0.15) is 0 Å². The first kappa shape index (κ1) is 23.2. The molecule has 6 heteroatoms. The van der Waals surface area contributed by atoms with E-state index in [2.05, 4.69) is 0 Å². The molecule has 3 aromatic rings. The minimum Gasteiger partial charge on any atom is -0.387 e. The predicted octanol–water partition coefficient (Wildman–Crippen LogP) is 4.11. The van der Waals surface area contributed by atoms with Gasteiger partial charge >= 0.3 is 0 Å². The van der Waals surface area contributed by atoms with E-state index < -0.39 is 37.3 Å². The summed E-state index contributed by atoms with van der Waals surface area (Å²) in [4.78, 5) is 0. The lowest BCUT2D eigenvalue weighted by Gasteiger charge is -2.43. The first-order chi connectivity index (χ1) is 17.2. The van der Waals surface area contributed by atoms with E-state index in [0.29, 0.717) is 13.2 Å². The topological polar surface area (TPSA) is 66.4 Å². The number of ether oxygens (including phenoxy) is 5. The molecule has 0 bridgehead atoms. The highest BCUT2D eigenvalue weighted by atomic mass is 16.7. The van der Waals surface area contributed by atoms with Gasteiger partial charge in [0.2, 0.25) is 0 Å². The molecule has 0 spiro atoms. The minimum atomic E-state index is -1.05. The lowest BCUT2D eigenvalue weighted by Crippen LogP contribution is -2.60. The van der Waals surface area contributed by atoms with Gasteiger partial charge in [-0.15, -0.1) is 0 Å². The molecule has 1 heterocycles. The number of benzene rings is 3. The molecule has 34 heavy (non-hydrogen) atoms. The Balaban J connectivity index is 1.47. The second kappa shape index (κ2) is 12.8. The summed E-state index contributed by atoms with van der Waals surface area (Å²) in [5.41, 5.74) is 2.69. The van der Waals surface area contributed by atoms with Gasteiger partial charge in [0.15, 0.2) is 6.29 Å². The fraction of sp³-hybridized carbons (Fsp3) is 0.357. The summed E-state index contributed by atoms with van der Waals surface area (Å²) < 4.78 is 38.0. The third-order valence-electron chi connectivity index (χ3n) is 5.70. The maximum Gasteiger partial charge on any atom is 0.186 e. The monoisotopic (exact) mass is 465 g/mol. The summed E-state index contributed by atoms with van der Waals surface area (Å²) in [6, 6.07) is 28.8. The maximum absolute atomic E-state index is 11.2. The van der Waals surface area contributed by atoms with E-state index in [0.717, 1.165) is 16.7 Å². The average molecular weight is 466 g/mol. The van der Waals surface area contributed by atoms with Gasteiger partial charge in [-0.1, -0.05) is 91.0 Å². The lowest BCUT2D eigenvalue weighted by molar-refractivity contribution is -0.315. The molecule has 1 fully saturated rings. The zero-order chi connectivity index (χ0) is 24.5. The summed E-state index contributed by atoms with van der Waals surface area (Å²) >= 11 is 0. The molecule has 3 aromatic carbocycles. The van der Waals surface area contributed by atoms with Crippen molar-refractivity contribution in [1.29, 1.82) is 0 Å². The van der Waals surface area contributed by atoms with E-state index in [-0.39, 0.29) is 6.61 Å². The number of aliphatic hydroxyl groups excluding tert-OH is 1. The van der Waals surface area contributed by atoms with Crippen molar-refractivity contribution in [3.05, 3.63) is 108 Å². The molecule has 6 atom stereocenters. The Kier molecular flexibility index (Phi) is 8.70. The van der Waals surface area contributed by atoms with Gasteiger partial charge in [0.1, 0.15) is 24.4 Å². The second-order valence-electron chi connectivity index (χ2n) is 8.15. The molecule has 4 rings (SSSR count). The van der Waals surface area contributed by atoms with E-state index in [1.807, 2.05) is 91.0 Å². The number of hydrogen-bond donors (Lipinski definition) is 1. The normalized spacial score (nSPS) is 26.1. The molecule has 0 radical (unpaired) electrons. The Morgan fingerprint density at radius 2 is 1.26 bits per heavy atom. The first-order valence-corrected chi connectivity index (χ1v) is 11.4.